The zero-order chi connectivity index (χ0) is 18.6. The van der Waals surface area contributed by atoms with Gasteiger partial charge in [0.2, 0.25) is 0 Å². The maximum Gasteiger partial charge on any atom is 0.349 e. The molecule has 1 heterocycles. The van der Waals surface area contributed by atoms with Gasteiger partial charge in [-0.2, -0.15) is 5.26 Å². The Labute approximate surface area is 149 Å². The van der Waals surface area contributed by atoms with Crippen LogP contribution in [0.15, 0.2) is 47.7 Å². The summed E-state index contributed by atoms with van der Waals surface area (Å²) in [6.45, 7) is 6.26. The lowest BCUT2D eigenvalue weighted by Gasteiger charge is -2.23. The highest BCUT2D eigenvalue weighted by Gasteiger charge is 2.37. The molecule has 1 atom stereocenters. The van der Waals surface area contributed by atoms with E-state index in [1.807, 2.05) is 31.3 Å². The third-order valence-electron chi connectivity index (χ3n) is 4.40. The van der Waals surface area contributed by atoms with E-state index in [0.29, 0.717) is 0 Å². The molecule has 5 heteroatoms. The van der Waals surface area contributed by atoms with Crippen LogP contribution in [-0.2, 0) is 19.7 Å². The second kappa shape index (κ2) is 7.54. The molecule has 1 aromatic carbocycles. The van der Waals surface area contributed by atoms with Crippen molar-refractivity contribution < 1.29 is 14.3 Å². The number of ether oxygens (including phenoxy) is 2. The van der Waals surface area contributed by atoms with Gasteiger partial charge in [0.05, 0.1) is 6.61 Å². The van der Waals surface area contributed by atoms with Gasteiger partial charge in [-0.05, 0) is 30.7 Å². The smallest absolute Gasteiger partial charge is 0.349 e. The van der Waals surface area contributed by atoms with Gasteiger partial charge in [0, 0.05) is 31.0 Å². The number of para-hydroxylation sites is 1. The summed E-state index contributed by atoms with van der Waals surface area (Å²) in [6, 6.07) is 10.1. The molecule has 0 saturated carbocycles. The van der Waals surface area contributed by atoms with Crippen LogP contribution in [0.25, 0.3) is 0 Å². The first-order valence-corrected chi connectivity index (χ1v) is 8.18. The van der Waals surface area contributed by atoms with Gasteiger partial charge in [0.25, 0.3) is 0 Å². The van der Waals surface area contributed by atoms with Crippen LogP contribution in [0.5, 0.6) is 0 Å². The van der Waals surface area contributed by atoms with Crippen molar-refractivity contribution in [2.75, 3.05) is 25.7 Å². The zero-order valence-electron chi connectivity index (χ0n) is 15.4. The molecule has 25 heavy (non-hydrogen) atoms. The molecule has 1 aliphatic heterocycles. The van der Waals surface area contributed by atoms with Crippen molar-refractivity contribution in [3.63, 3.8) is 0 Å². The van der Waals surface area contributed by atoms with Crippen molar-refractivity contribution in [2.24, 2.45) is 0 Å². The first-order chi connectivity index (χ1) is 11.8. The molecule has 1 aromatic rings. The van der Waals surface area contributed by atoms with Gasteiger partial charge in [-0.1, -0.05) is 32.0 Å². The molecule has 0 aromatic heterocycles. The first-order valence-electron chi connectivity index (χ1n) is 8.18. The number of nitrogens with zero attached hydrogens (tertiary/aromatic N) is 2. The molecule has 132 valence electrons. The number of rotatable bonds is 5. The van der Waals surface area contributed by atoms with Gasteiger partial charge >= 0.3 is 5.97 Å². The summed E-state index contributed by atoms with van der Waals surface area (Å²) in [5.41, 5.74) is 3.11. The van der Waals surface area contributed by atoms with Crippen LogP contribution >= 0.6 is 0 Å². The molecule has 0 radical (unpaired) electrons. The Morgan fingerprint density at radius 2 is 2.08 bits per heavy atom. The number of carbonyl (C=O) groups is 1. The van der Waals surface area contributed by atoms with Crippen LogP contribution in [0.3, 0.4) is 0 Å². The highest BCUT2D eigenvalue weighted by Crippen LogP contribution is 2.46. The Morgan fingerprint density at radius 3 is 2.68 bits per heavy atom. The number of hydrogen-bond donors (Lipinski definition) is 0. The first kappa shape index (κ1) is 18.8. The lowest BCUT2D eigenvalue weighted by atomic mass is 9.83. The van der Waals surface area contributed by atoms with E-state index < -0.39 is 12.1 Å². The average molecular weight is 340 g/mol. The maximum absolute atomic E-state index is 12.1. The van der Waals surface area contributed by atoms with Crippen LogP contribution in [0, 0.1) is 11.3 Å². The Bertz CT molecular complexity index is 756. The summed E-state index contributed by atoms with van der Waals surface area (Å²) < 4.78 is 10.1. The molecule has 0 fully saturated rings. The number of nitriles is 1. The number of benzene rings is 1. The summed E-state index contributed by atoms with van der Waals surface area (Å²) in [5, 5.41) is 9.29. The van der Waals surface area contributed by atoms with Gasteiger partial charge < -0.3 is 14.4 Å². The normalized spacial score (nSPS) is 18.6. The zero-order valence-corrected chi connectivity index (χ0v) is 15.4. The fourth-order valence-corrected chi connectivity index (χ4v) is 3.13. The van der Waals surface area contributed by atoms with E-state index in [0.717, 1.165) is 11.4 Å². The van der Waals surface area contributed by atoms with Gasteiger partial charge in [-0.3, -0.25) is 0 Å². The number of hydrogen-bond acceptors (Lipinski definition) is 5. The molecule has 1 aliphatic rings. The SMILES string of the molecule is COC[C@@H](C)OC(=O)/C(C#N)=C/C=C1/N(C)c2ccccc2C1(C)C. The van der Waals surface area contributed by atoms with E-state index in [-0.39, 0.29) is 17.6 Å². The molecule has 0 amide bonds. The molecule has 0 spiro atoms. The molecule has 0 N–H and O–H groups in total. The molecule has 0 aliphatic carbocycles. The number of allylic oxidation sites excluding steroid dienone is 3. The van der Waals surface area contributed by atoms with E-state index in [9.17, 15) is 10.1 Å². The third-order valence-corrected chi connectivity index (χ3v) is 4.40. The number of esters is 1. The molecular formula is C20H24N2O3. The van der Waals surface area contributed by atoms with E-state index in [1.165, 1.54) is 18.7 Å². The number of methoxy groups -OCH3 is 1. The topological polar surface area (TPSA) is 62.6 Å². The van der Waals surface area contributed by atoms with Crippen LogP contribution < -0.4 is 4.90 Å². The quantitative estimate of drug-likeness (QED) is 0.467. The summed E-state index contributed by atoms with van der Waals surface area (Å²) in [5.74, 6) is -0.639. The average Bonchev–Trinajstić information content (AvgIpc) is 2.76. The van der Waals surface area contributed by atoms with E-state index >= 15 is 0 Å². The Kier molecular flexibility index (Phi) is 5.66. The monoisotopic (exact) mass is 340 g/mol. The molecular weight excluding hydrogens is 316 g/mol. The summed E-state index contributed by atoms with van der Waals surface area (Å²) >= 11 is 0. The minimum atomic E-state index is -0.639. The van der Waals surface area contributed by atoms with Gasteiger partial charge in [-0.15, -0.1) is 0 Å². The largest absolute Gasteiger partial charge is 0.456 e. The fraction of sp³-hybridized carbons (Fsp3) is 0.400. The van der Waals surface area contributed by atoms with Gasteiger partial charge in [-0.25, -0.2) is 4.79 Å². The van der Waals surface area contributed by atoms with Crippen LogP contribution in [0.1, 0.15) is 26.3 Å². The second-order valence-corrected chi connectivity index (χ2v) is 6.62. The lowest BCUT2D eigenvalue weighted by molar-refractivity contribution is -0.145. The minimum Gasteiger partial charge on any atom is -0.456 e. The van der Waals surface area contributed by atoms with E-state index in [2.05, 4.69) is 30.9 Å². The van der Waals surface area contributed by atoms with Crippen molar-refractivity contribution in [2.45, 2.75) is 32.3 Å². The number of likely N-dealkylation sites (N-methyl/N-ethyl adjacent to an activating group) is 1. The third kappa shape index (κ3) is 3.75. The van der Waals surface area contributed by atoms with Crippen LogP contribution in [0.4, 0.5) is 5.69 Å². The molecule has 0 saturated heterocycles. The van der Waals surface area contributed by atoms with Crippen molar-refractivity contribution in [1.82, 2.24) is 0 Å². The Morgan fingerprint density at radius 1 is 1.40 bits per heavy atom. The van der Waals surface area contributed by atoms with E-state index in [1.54, 1.807) is 6.92 Å². The maximum atomic E-state index is 12.1. The van der Waals surface area contributed by atoms with Crippen molar-refractivity contribution >= 4 is 11.7 Å². The minimum absolute atomic E-state index is 0.0318. The standard InChI is InChI=1S/C20H24N2O3/c1-14(13-24-5)25-19(23)15(12-21)10-11-18-20(2,3)16-8-6-7-9-17(16)22(18)4/h6-11,14H,13H2,1-5H3/b15-10+,18-11+/t14-/m1/s1. The highest BCUT2D eigenvalue weighted by molar-refractivity contribution is 5.93. The predicted octanol–water partition coefficient (Wildman–Crippen LogP) is 3.33. The Hall–Kier alpha value is -2.58. The molecule has 0 bridgehead atoms. The van der Waals surface area contributed by atoms with Crippen molar-refractivity contribution in [1.29, 1.82) is 5.26 Å². The highest BCUT2D eigenvalue weighted by atomic mass is 16.6. The number of carbonyl (C=O) groups excluding carboxylic acids is 1. The van der Waals surface area contributed by atoms with Crippen LogP contribution in [0.2, 0.25) is 0 Å². The number of anilines is 1. The Balaban J connectivity index is 2.29. The molecule has 5 nitrogen and oxygen atoms in total. The molecule has 0 unspecified atom stereocenters. The lowest BCUT2D eigenvalue weighted by Crippen LogP contribution is -2.23. The van der Waals surface area contributed by atoms with Gasteiger partial charge in [0.15, 0.2) is 0 Å². The van der Waals surface area contributed by atoms with Crippen molar-refractivity contribution in [3.05, 3.63) is 53.3 Å². The summed E-state index contributed by atoms with van der Waals surface area (Å²) in [7, 11) is 3.52. The van der Waals surface area contributed by atoms with Crippen LogP contribution in [-0.4, -0.2) is 32.8 Å². The molecule has 2 rings (SSSR count). The predicted molar refractivity (Wildman–Crippen MR) is 97.1 cm³/mol. The van der Waals surface area contributed by atoms with E-state index in [4.69, 9.17) is 9.47 Å². The fourth-order valence-electron chi connectivity index (χ4n) is 3.13. The summed E-state index contributed by atoms with van der Waals surface area (Å²) in [4.78, 5) is 14.2. The number of fused-ring (bicyclic) bond motifs is 1. The van der Waals surface area contributed by atoms with Crippen molar-refractivity contribution in [3.8, 4) is 6.07 Å². The second-order valence-electron chi connectivity index (χ2n) is 6.62. The van der Waals surface area contributed by atoms with Gasteiger partial charge in [0.1, 0.15) is 17.7 Å². The summed E-state index contributed by atoms with van der Waals surface area (Å²) in [6.07, 6.45) is 2.94.